The average Bonchev–Trinajstić information content (AvgIpc) is 2.99. The Hall–Kier alpha value is -4.63. The molecule has 2 amide bonds. The van der Waals surface area contributed by atoms with Crippen LogP contribution in [0.25, 0.3) is 0 Å². The van der Waals surface area contributed by atoms with Crippen molar-refractivity contribution in [1.29, 1.82) is 0 Å². The molecule has 4 aromatic rings. The van der Waals surface area contributed by atoms with Crippen molar-refractivity contribution in [1.82, 2.24) is 10.2 Å². The molecule has 0 radical (unpaired) electrons. The summed E-state index contributed by atoms with van der Waals surface area (Å²) in [6, 6.07) is 29.1. The third-order valence-electron chi connectivity index (χ3n) is 6.95. The fourth-order valence-corrected chi connectivity index (χ4v) is 6.00. The zero-order valence-corrected chi connectivity index (χ0v) is 25.7. The molecule has 0 heterocycles. The summed E-state index contributed by atoms with van der Waals surface area (Å²) < 4.78 is 35.0. The van der Waals surface area contributed by atoms with Crippen LogP contribution in [-0.4, -0.2) is 44.3 Å². The van der Waals surface area contributed by atoms with Gasteiger partial charge >= 0.3 is 0 Å². The van der Waals surface area contributed by atoms with Crippen LogP contribution in [0.3, 0.4) is 0 Å². The van der Waals surface area contributed by atoms with Crippen LogP contribution in [0, 0.1) is 13.8 Å². The summed E-state index contributed by atoms with van der Waals surface area (Å²) >= 11 is 0. The molecule has 0 unspecified atom stereocenters. The molecular formula is C34H37N3O5S. The maximum Gasteiger partial charge on any atom is 0.264 e. The Morgan fingerprint density at radius 1 is 0.814 bits per heavy atom. The Morgan fingerprint density at radius 2 is 1.47 bits per heavy atom. The van der Waals surface area contributed by atoms with Gasteiger partial charge in [-0.2, -0.15) is 0 Å². The lowest BCUT2D eigenvalue weighted by molar-refractivity contribution is -0.139. The number of carbonyl (C=O) groups excluding carboxylic acids is 2. The summed E-state index contributed by atoms with van der Waals surface area (Å²) in [7, 11) is -4.16. The van der Waals surface area contributed by atoms with Gasteiger partial charge in [0.1, 0.15) is 24.1 Å². The van der Waals surface area contributed by atoms with E-state index in [0.717, 1.165) is 21.0 Å². The lowest BCUT2D eigenvalue weighted by Gasteiger charge is -2.32. The summed E-state index contributed by atoms with van der Waals surface area (Å²) in [5.41, 5.74) is 3.04. The molecule has 224 valence electrons. The summed E-state index contributed by atoms with van der Waals surface area (Å²) in [5, 5.41) is 2.77. The van der Waals surface area contributed by atoms with E-state index in [1.807, 2.05) is 68.4 Å². The van der Waals surface area contributed by atoms with Crippen molar-refractivity contribution in [2.75, 3.05) is 17.4 Å². The number of para-hydroxylation sites is 1. The Balaban J connectivity index is 1.70. The molecule has 8 nitrogen and oxygen atoms in total. The number of likely N-dealkylation sites (N-methyl/N-ethyl adjacent to an activating group) is 1. The highest BCUT2D eigenvalue weighted by atomic mass is 32.2. The first-order valence-corrected chi connectivity index (χ1v) is 15.6. The predicted molar refractivity (Wildman–Crippen MR) is 169 cm³/mol. The normalized spacial score (nSPS) is 11.8. The zero-order valence-electron chi connectivity index (χ0n) is 24.9. The van der Waals surface area contributed by atoms with Crippen LogP contribution in [0.4, 0.5) is 5.69 Å². The topological polar surface area (TPSA) is 96.0 Å². The monoisotopic (exact) mass is 599 g/mol. The Morgan fingerprint density at radius 3 is 2.09 bits per heavy atom. The molecule has 4 rings (SSSR count). The van der Waals surface area contributed by atoms with E-state index in [1.165, 1.54) is 17.0 Å². The van der Waals surface area contributed by atoms with E-state index in [4.69, 9.17) is 4.74 Å². The van der Waals surface area contributed by atoms with E-state index in [9.17, 15) is 18.0 Å². The second kappa shape index (κ2) is 14.0. The van der Waals surface area contributed by atoms with E-state index in [1.54, 1.807) is 50.2 Å². The molecule has 43 heavy (non-hydrogen) atoms. The maximum absolute atomic E-state index is 14.0. The molecule has 9 heteroatoms. The van der Waals surface area contributed by atoms with Crippen LogP contribution in [-0.2, 0) is 26.2 Å². The van der Waals surface area contributed by atoms with Gasteiger partial charge in [-0.15, -0.1) is 0 Å². The van der Waals surface area contributed by atoms with E-state index in [0.29, 0.717) is 18.0 Å². The SMILES string of the molecule is CCNC(=O)[C@H](C)N(Cc1cccc(C)c1)C(=O)CN(c1ccc(Oc2ccccc2)cc1)S(=O)(=O)c1ccc(C)cc1. The van der Waals surface area contributed by atoms with Crippen molar-refractivity contribution in [2.24, 2.45) is 0 Å². The van der Waals surface area contributed by atoms with Gasteiger partial charge in [0.2, 0.25) is 11.8 Å². The minimum Gasteiger partial charge on any atom is -0.457 e. The lowest BCUT2D eigenvalue weighted by atomic mass is 10.1. The van der Waals surface area contributed by atoms with Gasteiger partial charge in [0.25, 0.3) is 10.0 Å². The van der Waals surface area contributed by atoms with E-state index in [-0.39, 0.29) is 23.0 Å². The van der Waals surface area contributed by atoms with Crippen LogP contribution >= 0.6 is 0 Å². The number of amides is 2. The highest BCUT2D eigenvalue weighted by molar-refractivity contribution is 7.92. The number of nitrogens with one attached hydrogen (secondary N) is 1. The van der Waals surface area contributed by atoms with Gasteiger partial charge in [0, 0.05) is 13.1 Å². The fourth-order valence-electron chi connectivity index (χ4n) is 4.58. The first kappa shape index (κ1) is 31.3. The van der Waals surface area contributed by atoms with Gasteiger partial charge in [-0.3, -0.25) is 13.9 Å². The van der Waals surface area contributed by atoms with E-state index in [2.05, 4.69) is 5.32 Å². The molecule has 1 N–H and O–H groups in total. The quantitative estimate of drug-likeness (QED) is 0.221. The van der Waals surface area contributed by atoms with Crippen LogP contribution < -0.4 is 14.4 Å². The van der Waals surface area contributed by atoms with E-state index < -0.39 is 28.5 Å². The van der Waals surface area contributed by atoms with Crippen LogP contribution in [0.2, 0.25) is 0 Å². The second-order valence-corrected chi connectivity index (χ2v) is 12.2. The second-order valence-electron chi connectivity index (χ2n) is 10.3. The number of carbonyl (C=O) groups is 2. The van der Waals surface area contributed by atoms with Gasteiger partial charge in [0.15, 0.2) is 0 Å². The average molecular weight is 600 g/mol. The highest BCUT2D eigenvalue weighted by Gasteiger charge is 2.32. The highest BCUT2D eigenvalue weighted by Crippen LogP contribution is 2.29. The number of ether oxygens (including phenoxy) is 1. The van der Waals surface area contributed by atoms with Crippen molar-refractivity contribution in [3.63, 3.8) is 0 Å². The molecule has 0 aromatic heterocycles. The van der Waals surface area contributed by atoms with Crippen molar-refractivity contribution >= 4 is 27.5 Å². The van der Waals surface area contributed by atoms with Gasteiger partial charge in [0.05, 0.1) is 10.6 Å². The molecule has 4 aromatic carbocycles. The fraction of sp³-hybridized carbons (Fsp3) is 0.235. The molecule has 0 fully saturated rings. The molecular weight excluding hydrogens is 562 g/mol. The predicted octanol–water partition coefficient (Wildman–Crippen LogP) is 5.84. The third-order valence-corrected chi connectivity index (χ3v) is 8.73. The Labute approximate surface area is 254 Å². The first-order chi connectivity index (χ1) is 20.6. The molecule has 0 saturated carbocycles. The maximum atomic E-state index is 14.0. The lowest BCUT2D eigenvalue weighted by Crippen LogP contribution is -2.51. The van der Waals surface area contributed by atoms with Crippen molar-refractivity contribution in [2.45, 2.75) is 45.2 Å². The molecule has 0 aliphatic rings. The van der Waals surface area contributed by atoms with Gasteiger partial charge in [-0.05, 0) is 81.8 Å². The minimum atomic E-state index is -4.16. The number of aryl methyl sites for hydroxylation is 2. The summed E-state index contributed by atoms with van der Waals surface area (Å²) in [6.45, 7) is 7.30. The van der Waals surface area contributed by atoms with Gasteiger partial charge in [-0.25, -0.2) is 8.42 Å². The standard InChI is InChI=1S/C34H37N3O5S/c1-5-35-34(39)27(4)36(23-28-11-9-10-26(3)22-28)33(38)24-37(43(40,41)32-20-14-25(2)15-21-32)29-16-18-31(19-17-29)42-30-12-7-6-8-13-30/h6-22,27H,5,23-24H2,1-4H3,(H,35,39)/t27-/m0/s1. The minimum absolute atomic E-state index is 0.0533. The molecule has 0 aliphatic carbocycles. The molecule has 1 atom stereocenters. The number of hydrogen-bond acceptors (Lipinski definition) is 5. The third kappa shape index (κ3) is 8.02. The summed E-state index contributed by atoms with van der Waals surface area (Å²) in [4.78, 5) is 28.4. The molecule has 0 bridgehead atoms. The van der Waals surface area contributed by atoms with Gasteiger partial charge < -0.3 is 15.0 Å². The number of nitrogens with zero attached hydrogens (tertiary/aromatic N) is 2. The van der Waals surface area contributed by atoms with Crippen molar-refractivity contribution in [3.8, 4) is 11.5 Å². The number of hydrogen-bond donors (Lipinski definition) is 1. The van der Waals surface area contributed by atoms with Crippen molar-refractivity contribution in [3.05, 3.63) is 120 Å². The van der Waals surface area contributed by atoms with Crippen LogP contribution in [0.15, 0.2) is 108 Å². The van der Waals surface area contributed by atoms with E-state index >= 15 is 0 Å². The molecule has 0 saturated heterocycles. The van der Waals surface area contributed by atoms with Crippen molar-refractivity contribution < 1.29 is 22.7 Å². The summed E-state index contributed by atoms with van der Waals surface area (Å²) in [6.07, 6.45) is 0. The number of rotatable bonds is 12. The number of benzene rings is 4. The zero-order chi connectivity index (χ0) is 31.0. The summed E-state index contributed by atoms with van der Waals surface area (Å²) in [5.74, 6) is 0.319. The van der Waals surface area contributed by atoms with Crippen LogP contribution in [0.1, 0.15) is 30.5 Å². The Kier molecular flexibility index (Phi) is 10.2. The smallest absolute Gasteiger partial charge is 0.264 e. The number of sulfonamides is 1. The molecule has 0 aliphatic heterocycles. The van der Waals surface area contributed by atoms with Gasteiger partial charge in [-0.1, -0.05) is 65.7 Å². The van der Waals surface area contributed by atoms with Crippen LogP contribution in [0.5, 0.6) is 11.5 Å². The Bertz CT molecular complexity index is 1640. The number of anilines is 1. The largest absolute Gasteiger partial charge is 0.457 e. The first-order valence-electron chi connectivity index (χ1n) is 14.1. The molecule has 0 spiro atoms.